The minimum Gasteiger partial charge on any atom is -0.338 e. The van der Waals surface area contributed by atoms with Crippen molar-refractivity contribution in [1.82, 2.24) is 9.55 Å². The Labute approximate surface area is 121 Å². The molecular formula is C14H14ClN3O2. The number of pyridine rings is 1. The van der Waals surface area contributed by atoms with E-state index < -0.39 is 0 Å². The molecule has 2 heterocycles. The predicted octanol–water partition coefficient (Wildman–Crippen LogP) is 3.74. The van der Waals surface area contributed by atoms with Crippen molar-refractivity contribution in [3.05, 3.63) is 45.0 Å². The summed E-state index contributed by atoms with van der Waals surface area (Å²) in [5.74, 6) is 0.643. The highest BCUT2D eigenvalue weighted by Gasteiger charge is 2.24. The van der Waals surface area contributed by atoms with Crippen LogP contribution in [0.25, 0.3) is 17.0 Å². The summed E-state index contributed by atoms with van der Waals surface area (Å²) in [5.41, 5.74) is 1.80. The number of hydrogen-bond donors (Lipinski definition) is 0. The second-order valence-corrected chi connectivity index (χ2v) is 5.56. The second kappa shape index (κ2) is 4.90. The third kappa shape index (κ3) is 2.41. The van der Waals surface area contributed by atoms with Gasteiger partial charge in [-0.2, -0.15) is 0 Å². The van der Waals surface area contributed by atoms with Crippen LogP contribution >= 0.6 is 11.6 Å². The van der Waals surface area contributed by atoms with E-state index in [1.54, 1.807) is 12.3 Å². The largest absolute Gasteiger partial charge is 0.338 e. The maximum absolute atomic E-state index is 10.8. The predicted molar refractivity (Wildman–Crippen MR) is 78.1 cm³/mol. The van der Waals surface area contributed by atoms with Crippen LogP contribution in [0, 0.1) is 16.0 Å². The first-order valence-corrected chi connectivity index (χ1v) is 6.90. The van der Waals surface area contributed by atoms with Gasteiger partial charge in [-0.15, -0.1) is 0 Å². The molecule has 20 heavy (non-hydrogen) atoms. The van der Waals surface area contributed by atoms with E-state index in [2.05, 4.69) is 9.55 Å². The molecule has 0 N–H and O–H groups in total. The lowest BCUT2D eigenvalue weighted by molar-refractivity contribution is -0.422. The third-order valence-corrected chi connectivity index (χ3v) is 3.85. The number of aromatic nitrogens is 2. The molecule has 104 valence electrons. The zero-order valence-corrected chi connectivity index (χ0v) is 11.8. The molecule has 0 unspecified atom stereocenters. The molecule has 2 aromatic rings. The summed E-state index contributed by atoms with van der Waals surface area (Å²) >= 11 is 6.19. The molecule has 0 saturated heterocycles. The first kappa shape index (κ1) is 13.1. The van der Waals surface area contributed by atoms with Crippen molar-refractivity contribution in [2.24, 2.45) is 5.92 Å². The molecule has 1 saturated carbocycles. The lowest BCUT2D eigenvalue weighted by atomic mass is 10.3. The fourth-order valence-corrected chi connectivity index (χ4v) is 2.60. The molecule has 0 radical (unpaired) electrons. The first-order chi connectivity index (χ1) is 9.56. The second-order valence-electron chi connectivity index (χ2n) is 5.21. The molecule has 0 aromatic carbocycles. The van der Waals surface area contributed by atoms with Crippen LogP contribution in [0.2, 0.25) is 5.15 Å². The van der Waals surface area contributed by atoms with E-state index in [1.165, 1.54) is 19.8 Å². The Morgan fingerprint density at radius 1 is 1.65 bits per heavy atom. The average Bonchev–Trinajstić information content (AvgIpc) is 3.13. The molecule has 0 bridgehead atoms. The van der Waals surface area contributed by atoms with Crippen LogP contribution in [0.15, 0.2) is 24.0 Å². The maximum atomic E-state index is 10.8. The molecule has 1 fully saturated rings. The summed E-state index contributed by atoms with van der Waals surface area (Å²) in [5, 5.41) is 12.2. The van der Waals surface area contributed by atoms with Crippen molar-refractivity contribution >= 4 is 28.6 Å². The number of fused-ring (bicyclic) bond motifs is 1. The SMILES string of the molecule is CC(=Cc1cc2ccnc(Cl)c2n1CC1CC1)[N+](=O)[O-]. The maximum Gasteiger partial charge on any atom is 0.245 e. The Morgan fingerprint density at radius 3 is 3.05 bits per heavy atom. The standard InChI is InChI=1S/C14H14ClN3O2/c1-9(18(19)20)6-12-7-11-4-5-16-14(15)13(11)17(12)8-10-2-3-10/h4-7,10H,2-3,8H2,1H3. The van der Waals surface area contributed by atoms with Crippen LogP contribution < -0.4 is 0 Å². The van der Waals surface area contributed by atoms with Crippen LogP contribution in [0.5, 0.6) is 0 Å². The monoisotopic (exact) mass is 291 g/mol. The minimum atomic E-state index is -0.376. The highest BCUT2D eigenvalue weighted by atomic mass is 35.5. The molecule has 1 aliphatic rings. The van der Waals surface area contributed by atoms with Crippen molar-refractivity contribution in [3.63, 3.8) is 0 Å². The van der Waals surface area contributed by atoms with E-state index >= 15 is 0 Å². The van der Waals surface area contributed by atoms with E-state index in [0.717, 1.165) is 23.1 Å². The van der Waals surface area contributed by atoms with E-state index in [4.69, 9.17) is 11.6 Å². The lowest BCUT2D eigenvalue weighted by Crippen LogP contribution is -2.03. The number of nitrogens with zero attached hydrogens (tertiary/aromatic N) is 3. The summed E-state index contributed by atoms with van der Waals surface area (Å²) in [6.07, 6.45) is 5.66. The van der Waals surface area contributed by atoms with Gasteiger partial charge in [-0.3, -0.25) is 10.1 Å². The molecule has 5 nitrogen and oxygen atoms in total. The van der Waals surface area contributed by atoms with E-state index in [-0.39, 0.29) is 10.6 Å². The lowest BCUT2D eigenvalue weighted by Gasteiger charge is -2.08. The molecule has 0 atom stereocenters. The van der Waals surface area contributed by atoms with Gasteiger partial charge in [0.15, 0.2) is 5.15 Å². The van der Waals surface area contributed by atoms with Crippen molar-refractivity contribution < 1.29 is 4.92 Å². The number of rotatable bonds is 4. The van der Waals surface area contributed by atoms with Crippen molar-refractivity contribution in [3.8, 4) is 0 Å². The van der Waals surface area contributed by atoms with Gasteiger partial charge in [0.05, 0.1) is 10.4 Å². The normalized spacial score (nSPS) is 15.8. The molecule has 1 aliphatic carbocycles. The number of allylic oxidation sites excluding steroid dienone is 1. The van der Waals surface area contributed by atoms with E-state index in [0.29, 0.717) is 11.1 Å². The van der Waals surface area contributed by atoms with Gasteiger partial charge in [0, 0.05) is 36.8 Å². The molecule has 0 amide bonds. The zero-order chi connectivity index (χ0) is 14.3. The van der Waals surface area contributed by atoms with Gasteiger partial charge in [-0.25, -0.2) is 4.98 Å². The molecule has 0 aliphatic heterocycles. The Bertz CT molecular complexity index is 717. The van der Waals surface area contributed by atoms with Gasteiger partial charge in [0.1, 0.15) is 0 Å². The minimum absolute atomic E-state index is 0.119. The summed E-state index contributed by atoms with van der Waals surface area (Å²) in [4.78, 5) is 14.6. The van der Waals surface area contributed by atoms with Gasteiger partial charge in [-0.05, 0) is 30.9 Å². The molecular weight excluding hydrogens is 278 g/mol. The van der Waals surface area contributed by atoms with Crippen LogP contribution in [-0.2, 0) is 6.54 Å². The van der Waals surface area contributed by atoms with Gasteiger partial charge in [0.25, 0.3) is 0 Å². The van der Waals surface area contributed by atoms with Crippen LogP contribution in [-0.4, -0.2) is 14.5 Å². The smallest absolute Gasteiger partial charge is 0.245 e. The molecule has 3 rings (SSSR count). The van der Waals surface area contributed by atoms with Gasteiger partial charge < -0.3 is 4.57 Å². The fraction of sp³-hybridized carbons (Fsp3) is 0.357. The highest BCUT2D eigenvalue weighted by Crippen LogP contribution is 2.35. The Morgan fingerprint density at radius 2 is 2.40 bits per heavy atom. The first-order valence-electron chi connectivity index (χ1n) is 6.52. The molecule has 0 spiro atoms. The van der Waals surface area contributed by atoms with E-state index in [1.807, 2.05) is 12.1 Å². The van der Waals surface area contributed by atoms with Crippen LogP contribution in [0.4, 0.5) is 0 Å². The average molecular weight is 292 g/mol. The van der Waals surface area contributed by atoms with Crippen molar-refractivity contribution in [2.45, 2.75) is 26.3 Å². The Balaban J connectivity index is 2.17. The summed E-state index contributed by atoms with van der Waals surface area (Å²) < 4.78 is 2.05. The quantitative estimate of drug-likeness (QED) is 0.490. The van der Waals surface area contributed by atoms with Crippen LogP contribution in [0.3, 0.4) is 0 Å². The van der Waals surface area contributed by atoms with E-state index in [9.17, 15) is 10.1 Å². The third-order valence-electron chi connectivity index (χ3n) is 3.58. The Kier molecular flexibility index (Phi) is 3.22. The van der Waals surface area contributed by atoms with Gasteiger partial charge in [-0.1, -0.05) is 11.6 Å². The summed E-state index contributed by atoms with van der Waals surface area (Å²) in [6, 6.07) is 3.81. The van der Waals surface area contributed by atoms with Gasteiger partial charge in [0.2, 0.25) is 5.70 Å². The topological polar surface area (TPSA) is 61.0 Å². The number of nitro groups is 1. The fourth-order valence-electron chi connectivity index (χ4n) is 2.33. The summed E-state index contributed by atoms with van der Waals surface area (Å²) in [6.45, 7) is 2.34. The Hall–Kier alpha value is -1.88. The highest BCUT2D eigenvalue weighted by molar-refractivity contribution is 6.33. The van der Waals surface area contributed by atoms with Crippen molar-refractivity contribution in [1.29, 1.82) is 0 Å². The molecule has 6 heteroatoms. The van der Waals surface area contributed by atoms with Crippen molar-refractivity contribution in [2.75, 3.05) is 0 Å². The van der Waals surface area contributed by atoms with Gasteiger partial charge >= 0.3 is 0 Å². The zero-order valence-electron chi connectivity index (χ0n) is 11.0. The molecule has 2 aromatic heterocycles. The number of hydrogen-bond acceptors (Lipinski definition) is 3. The van der Waals surface area contributed by atoms with Crippen LogP contribution in [0.1, 0.15) is 25.5 Å². The number of halogens is 1. The summed E-state index contributed by atoms with van der Waals surface area (Å²) in [7, 11) is 0.